The van der Waals surface area contributed by atoms with E-state index in [1.165, 1.54) is 0 Å². The van der Waals surface area contributed by atoms with Gasteiger partial charge in [0.2, 0.25) is 0 Å². The minimum atomic E-state index is 0.606. The summed E-state index contributed by atoms with van der Waals surface area (Å²) in [5.41, 5.74) is 1.15. The Kier molecular flexibility index (Phi) is 7.01. The van der Waals surface area contributed by atoms with E-state index in [4.69, 9.17) is 21.1 Å². The lowest BCUT2D eigenvalue weighted by Gasteiger charge is -2.09. The lowest BCUT2D eigenvalue weighted by atomic mass is 10.2. The van der Waals surface area contributed by atoms with Crippen molar-refractivity contribution in [2.24, 2.45) is 0 Å². The summed E-state index contributed by atoms with van der Waals surface area (Å²) in [5.74, 6) is 0.748. The molecule has 0 fully saturated rings. The highest BCUT2D eigenvalue weighted by Crippen LogP contribution is 2.24. The van der Waals surface area contributed by atoms with Crippen molar-refractivity contribution >= 4 is 11.6 Å². The van der Waals surface area contributed by atoms with Crippen LogP contribution in [0.3, 0.4) is 0 Å². The Morgan fingerprint density at radius 1 is 1.24 bits per heavy atom. The van der Waals surface area contributed by atoms with Crippen molar-refractivity contribution in [1.29, 1.82) is 0 Å². The topological polar surface area (TPSA) is 30.5 Å². The van der Waals surface area contributed by atoms with Gasteiger partial charge in [0, 0.05) is 19.7 Å². The highest BCUT2D eigenvalue weighted by atomic mass is 35.5. The molecule has 1 N–H and O–H groups in total. The smallest absolute Gasteiger partial charge is 0.138 e. The van der Waals surface area contributed by atoms with Crippen LogP contribution >= 0.6 is 11.6 Å². The molecule has 96 valence electrons. The fraction of sp³-hybridized carbons (Fsp3) is 0.538. The number of ether oxygens (including phenoxy) is 2. The third kappa shape index (κ3) is 5.91. The van der Waals surface area contributed by atoms with Gasteiger partial charge < -0.3 is 14.8 Å². The number of nitrogens with one attached hydrogen (secondary N) is 1. The van der Waals surface area contributed by atoms with E-state index in [9.17, 15) is 0 Å². The highest BCUT2D eigenvalue weighted by molar-refractivity contribution is 6.32. The summed E-state index contributed by atoms with van der Waals surface area (Å²) in [7, 11) is 0. The van der Waals surface area contributed by atoms with Crippen LogP contribution in [0, 0.1) is 6.92 Å². The molecule has 1 rings (SSSR count). The first-order valence-electron chi connectivity index (χ1n) is 5.91. The molecule has 1 aromatic rings. The second-order valence-electron chi connectivity index (χ2n) is 3.73. The average molecular weight is 258 g/mol. The number of halogens is 1. The predicted octanol–water partition coefficient (Wildman–Crippen LogP) is 2.65. The van der Waals surface area contributed by atoms with Crippen LogP contribution in [0.2, 0.25) is 5.02 Å². The van der Waals surface area contributed by atoms with Gasteiger partial charge in [0.1, 0.15) is 12.4 Å². The summed E-state index contributed by atoms with van der Waals surface area (Å²) in [6, 6.07) is 5.77. The average Bonchev–Trinajstić information content (AvgIpc) is 2.32. The lowest BCUT2D eigenvalue weighted by Crippen LogP contribution is -2.25. The quantitative estimate of drug-likeness (QED) is 0.727. The van der Waals surface area contributed by atoms with Gasteiger partial charge in [-0.15, -0.1) is 0 Å². The van der Waals surface area contributed by atoms with Gasteiger partial charge in [0.05, 0.1) is 11.6 Å². The number of rotatable bonds is 8. The zero-order valence-electron chi connectivity index (χ0n) is 10.5. The van der Waals surface area contributed by atoms with E-state index in [0.29, 0.717) is 11.6 Å². The molecule has 0 radical (unpaired) electrons. The van der Waals surface area contributed by atoms with E-state index in [1.807, 2.05) is 32.0 Å². The first-order chi connectivity index (χ1) is 8.24. The summed E-state index contributed by atoms with van der Waals surface area (Å²) in [6.07, 6.45) is 0. The molecule has 0 saturated heterocycles. The van der Waals surface area contributed by atoms with Crippen LogP contribution < -0.4 is 10.1 Å². The fourth-order valence-electron chi connectivity index (χ4n) is 1.37. The van der Waals surface area contributed by atoms with Crippen LogP contribution in [0.4, 0.5) is 0 Å². The minimum absolute atomic E-state index is 0.606. The minimum Gasteiger partial charge on any atom is -0.491 e. The van der Waals surface area contributed by atoms with E-state index in [2.05, 4.69) is 5.32 Å². The molecule has 0 unspecified atom stereocenters. The molecule has 0 aliphatic heterocycles. The number of hydrogen-bond acceptors (Lipinski definition) is 3. The van der Waals surface area contributed by atoms with Gasteiger partial charge >= 0.3 is 0 Å². The van der Waals surface area contributed by atoms with Crippen LogP contribution in [0.5, 0.6) is 5.75 Å². The SMILES string of the molecule is CCOCCNCCOc1cc(C)ccc1Cl. The molecule has 4 heteroatoms. The third-order valence-corrected chi connectivity index (χ3v) is 2.56. The van der Waals surface area contributed by atoms with Gasteiger partial charge in [-0.1, -0.05) is 17.7 Å². The van der Waals surface area contributed by atoms with E-state index < -0.39 is 0 Å². The zero-order valence-corrected chi connectivity index (χ0v) is 11.2. The van der Waals surface area contributed by atoms with Gasteiger partial charge in [-0.25, -0.2) is 0 Å². The van der Waals surface area contributed by atoms with Gasteiger partial charge in [0.25, 0.3) is 0 Å². The maximum atomic E-state index is 6.01. The standard InChI is InChI=1S/C13H20ClNO2/c1-3-16-8-6-15-7-9-17-13-10-11(2)4-5-12(13)14/h4-5,10,15H,3,6-9H2,1-2H3. The molecule has 0 aliphatic carbocycles. The molecular weight excluding hydrogens is 238 g/mol. The van der Waals surface area contributed by atoms with Gasteiger partial charge in [0.15, 0.2) is 0 Å². The lowest BCUT2D eigenvalue weighted by molar-refractivity contribution is 0.148. The molecule has 0 heterocycles. The van der Waals surface area contributed by atoms with E-state index in [-0.39, 0.29) is 0 Å². The van der Waals surface area contributed by atoms with E-state index in [1.54, 1.807) is 0 Å². The Morgan fingerprint density at radius 3 is 2.76 bits per heavy atom. The van der Waals surface area contributed by atoms with Crippen LogP contribution in [-0.2, 0) is 4.74 Å². The Balaban J connectivity index is 2.15. The first-order valence-corrected chi connectivity index (χ1v) is 6.29. The van der Waals surface area contributed by atoms with Gasteiger partial charge in [-0.05, 0) is 31.5 Å². The Morgan fingerprint density at radius 2 is 2.00 bits per heavy atom. The van der Waals surface area contributed by atoms with Gasteiger partial charge in [-0.2, -0.15) is 0 Å². The van der Waals surface area contributed by atoms with Crippen molar-refractivity contribution in [3.63, 3.8) is 0 Å². The van der Waals surface area contributed by atoms with Crippen molar-refractivity contribution in [2.45, 2.75) is 13.8 Å². The summed E-state index contributed by atoms with van der Waals surface area (Å²) >= 11 is 6.01. The van der Waals surface area contributed by atoms with E-state index >= 15 is 0 Å². The largest absolute Gasteiger partial charge is 0.491 e. The fourth-order valence-corrected chi connectivity index (χ4v) is 1.54. The zero-order chi connectivity index (χ0) is 12.5. The number of aryl methyl sites for hydroxylation is 1. The van der Waals surface area contributed by atoms with Crippen LogP contribution in [0.15, 0.2) is 18.2 Å². The Hall–Kier alpha value is -0.770. The molecule has 3 nitrogen and oxygen atoms in total. The highest BCUT2D eigenvalue weighted by Gasteiger charge is 2.00. The summed E-state index contributed by atoms with van der Waals surface area (Å²) < 4.78 is 10.8. The molecule has 0 aromatic heterocycles. The molecule has 0 bridgehead atoms. The van der Waals surface area contributed by atoms with Crippen molar-refractivity contribution in [3.05, 3.63) is 28.8 Å². The van der Waals surface area contributed by atoms with Crippen molar-refractivity contribution in [1.82, 2.24) is 5.32 Å². The summed E-state index contributed by atoms with van der Waals surface area (Å²) in [6.45, 7) is 7.75. The van der Waals surface area contributed by atoms with Crippen molar-refractivity contribution in [3.8, 4) is 5.75 Å². The van der Waals surface area contributed by atoms with E-state index in [0.717, 1.165) is 37.6 Å². The summed E-state index contributed by atoms with van der Waals surface area (Å²) in [5, 5.41) is 3.89. The van der Waals surface area contributed by atoms with Crippen LogP contribution in [-0.4, -0.2) is 32.9 Å². The maximum Gasteiger partial charge on any atom is 0.138 e. The second-order valence-corrected chi connectivity index (χ2v) is 4.14. The normalized spacial score (nSPS) is 10.5. The third-order valence-electron chi connectivity index (χ3n) is 2.25. The monoisotopic (exact) mass is 257 g/mol. The number of hydrogen-bond donors (Lipinski definition) is 1. The van der Waals surface area contributed by atoms with Gasteiger partial charge in [-0.3, -0.25) is 0 Å². The number of benzene rings is 1. The van der Waals surface area contributed by atoms with Crippen LogP contribution in [0.1, 0.15) is 12.5 Å². The maximum absolute atomic E-state index is 6.01. The predicted molar refractivity (Wildman–Crippen MR) is 71.0 cm³/mol. The van der Waals surface area contributed by atoms with Crippen LogP contribution in [0.25, 0.3) is 0 Å². The summed E-state index contributed by atoms with van der Waals surface area (Å²) in [4.78, 5) is 0. The molecule has 0 spiro atoms. The molecule has 0 amide bonds. The molecule has 0 aliphatic rings. The molecule has 0 atom stereocenters. The molecule has 0 saturated carbocycles. The van der Waals surface area contributed by atoms with Crippen molar-refractivity contribution in [2.75, 3.05) is 32.9 Å². The Bertz CT molecular complexity index is 331. The Labute approximate surface area is 108 Å². The molecule has 1 aromatic carbocycles. The first kappa shape index (κ1) is 14.3. The van der Waals surface area contributed by atoms with Crippen molar-refractivity contribution < 1.29 is 9.47 Å². The molecular formula is C13H20ClNO2. The second kappa shape index (κ2) is 8.34. The molecule has 17 heavy (non-hydrogen) atoms.